The lowest BCUT2D eigenvalue weighted by atomic mass is 10.1. The molecular weight excluding hydrogens is 460 g/mol. The number of fused-ring (bicyclic) bond motifs is 1. The van der Waals surface area contributed by atoms with E-state index in [1.807, 2.05) is 29.9 Å². The summed E-state index contributed by atoms with van der Waals surface area (Å²) >= 11 is 3.50. The van der Waals surface area contributed by atoms with Crippen LogP contribution in [0.4, 0.5) is 5.82 Å². The van der Waals surface area contributed by atoms with Gasteiger partial charge in [0.25, 0.3) is 0 Å². The molecule has 4 rings (SSSR count). The zero-order valence-corrected chi connectivity index (χ0v) is 19.7. The zero-order chi connectivity index (χ0) is 22.2. The van der Waals surface area contributed by atoms with Crippen LogP contribution in [0, 0.1) is 6.92 Å². The van der Waals surface area contributed by atoms with Crippen LogP contribution in [-0.4, -0.2) is 54.1 Å². The third-order valence-corrected chi connectivity index (χ3v) is 5.26. The second-order valence-electron chi connectivity index (χ2n) is 7.40. The third kappa shape index (κ3) is 6.18. The molecule has 0 spiro atoms. The van der Waals surface area contributed by atoms with Crippen molar-refractivity contribution in [2.24, 2.45) is 0 Å². The van der Waals surface area contributed by atoms with E-state index in [2.05, 4.69) is 60.9 Å². The van der Waals surface area contributed by atoms with Crippen molar-refractivity contribution in [3.63, 3.8) is 0 Å². The Morgan fingerprint density at radius 2 is 2.13 bits per heavy atom. The first-order valence-corrected chi connectivity index (χ1v) is 11.1. The number of carbonyl (C=O) groups is 1. The molecule has 1 aromatic carbocycles. The number of anilines is 1. The van der Waals surface area contributed by atoms with Gasteiger partial charge in [0.2, 0.25) is 6.41 Å². The molecule has 1 aliphatic rings. The van der Waals surface area contributed by atoms with Gasteiger partial charge < -0.3 is 20.7 Å². The number of rotatable bonds is 9. The number of benzene rings is 1. The highest BCUT2D eigenvalue weighted by molar-refractivity contribution is 9.10. The fraction of sp³-hybridized carbons (Fsp3) is 0.409. The summed E-state index contributed by atoms with van der Waals surface area (Å²) in [5, 5.41) is 9.15. The Kier molecular flexibility index (Phi) is 8.25. The van der Waals surface area contributed by atoms with E-state index in [0.717, 1.165) is 64.6 Å². The minimum absolute atomic E-state index is 0.530. The highest BCUT2D eigenvalue weighted by atomic mass is 79.9. The Labute approximate surface area is 190 Å². The van der Waals surface area contributed by atoms with Gasteiger partial charge in [-0.1, -0.05) is 6.07 Å². The molecule has 166 valence electrons. The number of methoxy groups -OCH3 is 1. The van der Waals surface area contributed by atoms with E-state index in [1.165, 1.54) is 12.8 Å². The lowest BCUT2D eigenvalue weighted by Gasteiger charge is -2.11. The van der Waals surface area contributed by atoms with Crippen LogP contribution in [0.25, 0.3) is 16.9 Å². The van der Waals surface area contributed by atoms with E-state index in [9.17, 15) is 4.79 Å². The van der Waals surface area contributed by atoms with Gasteiger partial charge in [0.05, 0.1) is 19.0 Å². The molecule has 3 aromatic rings. The van der Waals surface area contributed by atoms with Gasteiger partial charge in [0.15, 0.2) is 11.5 Å². The molecule has 2 aromatic heterocycles. The predicted molar refractivity (Wildman–Crippen MR) is 127 cm³/mol. The normalized spacial score (nSPS) is 12.8. The summed E-state index contributed by atoms with van der Waals surface area (Å²) in [7, 11) is 3.64. The minimum Gasteiger partial charge on any atom is -0.496 e. The molecule has 8 nitrogen and oxygen atoms in total. The standard InChI is InChI=1S/C18H22BrN5O.C4H7NO/c1-12-5-6-13(15(9-12)25-3)14-10-22-18-17(21-8-4-7-20-2)23-16(19)11-24(14)18;6-3-5-4-1-2-4/h5-6,9-11,20H,4,7-8H2,1-3H3,(H,21,23);3-4H,1-2H2,(H,5,6). The van der Waals surface area contributed by atoms with Gasteiger partial charge >= 0.3 is 0 Å². The van der Waals surface area contributed by atoms with Crippen LogP contribution in [0.5, 0.6) is 5.75 Å². The summed E-state index contributed by atoms with van der Waals surface area (Å²) in [4.78, 5) is 18.7. The van der Waals surface area contributed by atoms with Gasteiger partial charge in [0, 0.05) is 24.3 Å². The van der Waals surface area contributed by atoms with E-state index in [-0.39, 0.29) is 0 Å². The van der Waals surface area contributed by atoms with E-state index < -0.39 is 0 Å². The number of ether oxygens (including phenoxy) is 1. The van der Waals surface area contributed by atoms with Crippen LogP contribution in [-0.2, 0) is 4.79 Å². The molecule has 1 saturated carbocycles. The molecule has 0 radical (unpaired) electrons. The second kappa shape index (κ2) is 11.1. The summed E-state index contributed by atoms with van der Waals surface area (Å²) in [5.74, 6) is 1.60. The van der Waals surface area contributed by atoms with Crippen molar-refractivity contribution in [3.8, 4) is 17.0 Å². The molecule has 1 fully saturated rings. The first-order valence-electron chi connectivity index (χ1n) is 10.3. The van der Waals surface area contributed by atoms with Crippen LogP contribution in [0.3, 0.4) is 0 Å². The average molecular weight is 489 g/mol. The van der Waals surface area contributed by atoms with Gasteiger partial charge in [-0.25, -0.2) is 9.97 Å². The molecule has 2 heterocycles. The SMILES string of the molecule is CNCCCNc1nc(Br)cn2c(-c3ccc(C)cc3OC)cnc12.O=CNC1CC1. The molecule has 3 N–H and O–H groups in total. The fourth-order valence-electron chi connectivity index (χ4n) is 3.11. The molecule has 0 aliphatic heterocycles. The molecular formula is C22H29BrN6O2. The number of nitrogens with one attached hydrogen (secondary N) is 3. The van der Waals surface area contributed by atoms with Crippen molar-refractivity contribution in [3.05, 3.63) is 40.8 Å². The molecule has 31 heavy (non-hydrogen) atoms. The quantitative estimate of drug-likeness (QED) is 0.315. The van der Waals surface area contributed by atoms with Crippen molar-refractivity contribution < 1.29 is 9.53 Å². The number of aryl methyl sites for hydroxylation is 1. The van der Waals surface area contributed by atoms with Crippen LogP contribution in [0.1, 0.15) is 24.8 Å². The lowest BCUT2D eigenvalue weighted by molar-refractivity contribution is -0.109. The van der Waals surface area contributed by atoms with Crippen LogP contribution < -0.4 is 20.7 Å². The van der Waals surface area contributed by atoms with Crippen molar-refractivity contribution in [1.82, 2.24) is 25.0 Å². The fourth-order valence-corrected chi connectivity index (χ4v) is 3.49. The molecule has 0 saturated heterocycles. The number of nitrogens with zero attached hydrogens (tertiary/aromatic N) is 3. The maximum absolute atomic E-state index is 9.54. The number of imidazole rings is 1. The molecule has 1 aliphatic carbocycles. The van der Waals surface area contributed by atoms with Crippen LogP contribution in [0.2, 0.25) is 0 Å². The number of aromatic nitrogens is 3. The summed E-state index contributed by atoms with van der Waals surface area (Å²) in [6.45, 7) is 3.84. The van der Waals surface area contributed by atoms with Crippen LogP contribution in [0.15, 0.2) is 35.2 Å². The first kappa shape index (κ1) is 23.0. The van der Waals surface area contributed by atoms with E-state index >= 15 is 0 Å². The summed E-state index contributed by atoms with van der Waals surface area (Å²) in [6.07, 6.45) is 7.91. The lowest BCUT2D eigenvalue weighted by Crippen LogP contribution is -2.14. The number of hydrogen-bond donors (Lipinski definition) is 3. The highest BCUT2D eigenvalue weighted by Crippen LogP contribution is 2.32. The summed E-state index contributed by atoms with van der Waals surface area (Å²) in [5.41, 5.74) is 3.92. The van der Waals surface area contributed by atoms with E-state index in [4.69, 9.17) is 4.74 Å². The molecule has 1 amide bonds. The summed E-state index contributed by atoms with van der Waals surface area (Å²) in [6, 6.07) is 6.70. The van der Waals surface area contributed by atoms with Crippen molar-refractivity contribution in [1.29, 1.82) is 0 Å². The first-order chi connectivity index (χ1) is 15.1. The Morgan fingerprint density at radius 1 is 1.32 bits per heavy atom. The highest BCUT2D eigenvalue weighted by Gasteiger charge is 2.19. The maximum atomic E-state index is 9.54. The predicted octanol–water partition coefficient (Wildman–Crippen LogP) is 3.39. The number of amides is 1. The minimum atomic E-state index is 0.530. The number of carbonyl (C=O) groups excluding carboxylic acids is 1. The number of halogens is 1. The Bertz CT molecular complexity index is 1020. The average Bonchev–Trinajstić information content (AvgIpc) is 3.49. The topological polar surface area (TPSA) is 92.6 Å². The van der Waals surface area contributed by atoms with Crippen molar-refractivity contribution in [2.75, 3.05) is 32.6 Å². The number of hydrogen-bond acceptors (Lipinski definition) is 6. The van der Waals surface area contributed by atoms with Crippen molar-refractivity contribution >= 4 is 33.8 Å². The molecule has 0 atom stereocenters. The van der Waals surface area contributed by atoms with Gasteiger partial charge in [-0.05, 0) is 73.4 Å². The van der Waals surface area contributed by atoms with Gasteiger partial charge in [-0.15, -0.1) is 0 Å². The maximum Gasteiger partial charge on any atom is 0.207 e. The Morgan fingerprint density at radius 3 is 2.77 bits per heavy atom. The summed E-state index contributed by atoms with van der Waals surface area (Å²) < 4.78 is 8.34. The van der Waals surface area contributed by atoms with Crippen LogP contribution >= 0.6 is 15.9 Å². The molecule has 0 bridgehead atoms. The largest absolute Gasteiger partial charge is 0.496 e. The zero-order valence-electron chi connectivity index (χ0n) is 18.1. The molecule has 0 unspecified atom stereocenters. The monoisotopic (exact) mass is 488 g/mol. The van der Waals surface area contributed by atoms with Gasteiger partial charge in [0.1, 0.15) is 10.4 Å². The molecule has 9 heteroatoms. The Balaban J connectivity index is 0.000000391. The second-order valence-corrected chi connectivity index (χ2v) is 8.21. The van der Waals surface area contributed by atoms with Gasteiger partial charge in [-0.2, -0.15) is 0 Å². The smallest absolute Gasteiger partial charge is 0.207 e. The van der Waals surface area contributed by atoms with Gasteiger partial charge in [-0.3, -0.25) is 9.20 Å². The Hall–Kier alpha value is -2.65. The van der Waals surface area contributed by atoms with E-state index in [1.54, 1.807) is 7.11 Å². The third-order valence-electron chi connectivity index (χ3n) is 4.87. The van der Waals surface area contributed by atoms with Crippen molar-refractivity contribution in [2.45, 2.75) is 32.2 Å². The van der Waals surface area contributed by atoms with E-state index in [0.29, 0.717) is 6.04 Å².